The largest absolute Gasteiger partial charge is 0.465 e. The van der Waals surface area contributed by atoms with E-state index >= 15 is 0 Å². The minimum Gasteiger partial charge on any atom is -0.465 e. The highest BCUT2D eigenvalue weighted by atomic mass is 16.4. The lowest BCUT2D eigenvalue weighted by Crippen LogP contribution is -2.63. The maximum atomic E-state index is 13.0. The molecule has 1 heterocycles. The number of nitrogens with one attached hydrogen (secondary N) is 1. The van der Waals surface area contributed by atoms with Crippen molar-refractivity contribution in [2.45, 2.75) is 45.4 Å². The van der Waals surface area contributed by atoms with Crippen LogP contribution in [0, 0.1) is 16.7 Å². The van der Waals surface area contributed by atoms with Crippen LogP contribution in [0.2, 0.25) is 0 Å². The van der Waals surface area contributed by atoms with Gasteiger partial charge in [-0.25, -0.2) is 4.79 Å². The third-order valence-electron chi connectivity index (χ3n) is 4.77. The SMILES string of the molecule is CC(C)(C)[C@]1(C(=O)NCc2ccc(C#N)cc2)C[C@@H](O)CN1C(=O)O. The molecule has 1 fully saturated rings. The minimum absolute atomic E-state index is 0.0575. The van der Waals surface area contributed by atoms with E-state index in [1.54, 1.807) is 45.0 Å². The summed E-state index contributed by atoms with van der Waals surface area (Å²) in [4.78, 5) is 25.7. The van der Waals surface area contributed by atoms with E-state index in [0.717, 1.165) is 10.5 Å². The summed E-state index contributed by atoms with van der Waals surface area (Å²) in [6.07, 6.45) is -2.04. The number of carbonyl (C=O) groups is 2. The van der Waals surface area contributed by atoms with Crippen molar-refractivity contribution in [2.24, 2.45) is 5.41 Å². The molecule has 7 heteroatoms. The van der Waals surface area contributed by atoms with Gasteiger partial charge in [-0.15, -0.1) is 0 Å². The first-order valence-corrected chi connectivity index (χ1v) is 8.08. The van der Waals surface area contributed by atoms with Crippen LogP contribution in [0.5, 0.6) is 0 Å². The van der Waals surface area contributed by atoms with E-state index in [0.29, 0.717) is 5.56 Å². The number of nitriles is 1. The van der Waals surface area contributed by atoms with Crippen molar-refractivity contribution < 1.29 is 19.8 Å². The molecular formula is C18H23N3O4. The summed E-state index contributed by atoms with van der Waals surface area (Å²) in [7, 11) is 0. The molecule has 0 unspecified atom stereocenters. The molecule has 0 spiro atoms. The molecule has 7 nitrogen and oxygen atoms in total. The average Bonchev–Trinajstić information content (AvgIpc) is 2.92. The van der Waals surface area contributed by atoms with Crippen molar-refractivity contribution in [3.05, 3.63) is 35.4 Å². The summed E-state index contributed by atoms with van der Waals surface area (Å²) < 4.78 is 0. The zero-order chi connectivity index (χ0) is 18.8. The van der Waals surface area contributed by atoms with Gasteiger partial charge in [0.2, 0.25) is 5.91 Å². The number of nitrogens with zero attached hydrogens (tertiary/aromatic N) is 2. The Kier molecular flexibility index (Phi) is 5.04. The van der Waals surface area contributed by atoms with Crippen LogP contribution in [0.1, 0.15) is 38.3 Å². The van der Waals surface area contributed by atoms with E-state index in [-0.39, 0.29) is 19.5 Å². The van der Waals surface area contributed by atoms with Crippen LogP contribution in [0.25, 0.3) is 0 Å². The van der Waals surface area contributed by atoms with Gasteiger partial charge in [-0.05, 0) is 23.1 Å². The smallest absolute Gasteiger partial charge is 0.408 e. The summed E-state index contributed by atoms with van der Waals surface area (Å²) in [5.74, 6) is -0.427. The van der Waals surface area contributed by atoms with Crippen molar-refractivity contribution in [3.63, 3.8) is 0 Å². The van der Waals surface area contributed by atoms with Gasteiger partial charge in [0.15, 0.2) is 0 Å². The standard InChI is InChI=1S/C18H23N3O4/c1-17(2,3)18(8-14(22)11-21(18)16(24)25)15(23)20-10-13-6-4-12(9-19)5-7-13/h4-7,14,22H,8,10-11H2,1-3H3,(H,20,23)(H,24,25)/t14-,18-/m1/s1. The molecule has 0 radical (unpaired) electrons. The van der Waals surface area contributed by atoms with Gasteiger partial charge < -0.3 is 15.5 Å². The Balaban J connectivity index is 2.25. The lowest BCUT2D eigenvalue weighted by molar-refractivity contribution is -0.137. The lowest BCUT2D eigenvalue weighted by Gasteiger charge is -2.45. The van der Waals surface area contributed by atoms with Crippen LogP contribution in [0.3, 0.4) is 0 Å². The Morgan fingerprint density at radius 2 is 1.96 bits per heavy atom. The molecule has 0 aromatic heterocycles. The number of amides is 2. The fourth-order valence-electron chi connectivity index (χ4n) is 3.42. The monoisotopic (exact) mass is 345 g/mol. The number of aliphatic hydroxyl groups is 1. The van der Waals surface area contributed by atoms with Crippen LogP contribution in [-0.2, 0) is 11.3 Å². The molecule has 1 aromatic rings. The number of hydrogen-bond acceptors (Lipinski definition) is 4. The molecule has 2 amide bonds. The summed E-state index contributed by atoms with van der Waals surface area (Å²) >= 11 is 0. The van der Waals surface area contributed by atoms with E-state index in [2.05, 4.69) is 5.32 Å². The van der Waals surface area contributed by atoms with Crippen molar-refractivity contribution in [1.82, 2.24) is 10.2 Å². The highest BCUT2D eigenvalue weighted by Gasteiger charge is 2.59. The Morgan fingerprint density at radius 3 is 2.44 bits per heavy atom. The predicted octanol–water partition coefficient (Wildman–Crippen LogP) is 1.70. The fraction of sp³-hybridized carbons (Fsp3) is 0.500. The topological polar surface area (TPSA) is 114 Å². The van der Waals surface area contributed by atoms with Crippen molar-refractivity contribution >= 4 is 12.0 Å². The second kappa shape index (κ2) is 6.73. The zero-order valence-electron chi connectivity index (χ0n) is 14.6. The molecule has 25 heavy (non-hydrogen) atoms. The second-order valence-corrected chi connectivity index (χ2v) is 7.35. The summed E-state index contributed by atoms with van der Waals surface area (Å²) in [6.45, 7) is 5.51. The highest BCUT2D eigenvalue weighted by molar-refractivity contribution is 5.91. The Bertz CT molecular complexity index is 703. The van der Waals surface area contributed by atoms with E-state index in [9.17, 15) is 19.8 Å². The van der Waals surface area contributed by atoms with Gasteiger partial charge in [0.25, 0.3) is 0 Å². The summed E-state index contributed by atoms with van der Waals surface area (Å²) in [6, 6.07) is 8.81. The average molecular weight is 345 g/mol. The number of rotatable bonds is 3. The van der Waals surface area contributed by atoms with Gasteiger partial charge in [-0.3, -0.25) is 9.69 Å². The molecule has 2 atom stereocenters. The van der Waals surface area contributed by atoms with Crippen LogP contribution in [0.4, 0.5) is 4.79 Å². The first-order chi connectivity index (χ1) is 11.6. The number of aliphatic hydroxyl groups excluding tert-OH is 1. The van der Waals surface area contributed by atoms with Crippen LogP contribution in [-0.4, -0.2) is 45.3 Å². The maximum absolute atomic E-state index is 13.0. The van der Waals surface area contributed by atoms with E-state index in [4.69, 9.17) is 5.26 Å². The fourth-order valence-corrected chi connectivity index (χ4v) is 3.42. The Morgan fingerprint density at radius 1 is 1.36 bits per heavy atom. The van der Waals surface area contributed by atoms with Gasteiger partial charge in [-0.2, -0.15) is 5.26 Å². The third-order valence-corrected chi connectivity index (χ3v) is 4.77. The van der Waals surface area contributed by atoms with Gasteiger partial charge in [-0.1, -0.05) is 32.9 Å². The number of β-amino-alcohol motifs (C(OH)–C–C–N with tert-alkyl or cyclic N) is 1. The van der Waals surface area contributed by atoms with Crippen molar-refractivity contribution in [2.75, 3.05) is 6.54 Å². The molecule has 1 aromatic carbocycles. The Labute approximate surface area is 146 Å². The molecule has 1 saturated heterocycles. The van der Waals surface area contributed by atoms with Crippen molar-refractivity contribution in [1.29, 1.82) is 5.26 Å². The number of hydrogen-bond donors (Lipinski definition) is 3. The molecule has 1 aliphatic heterocycles. The molecule has 1 aliphatic rings. The molecule has 134 valence electrons. The predicted molar refractivity (Wildman–Crippen MR) is 90.5 cm³/mol. The van der Waals surface area contributed by atoms with Gasteiger partial charge >= 0.3 is 6.09 Å². The number of carboxylic acid groups (broad SMARTS) is 1. The van der Waals surface area contributed by atoms with E-state index in [1.165, 1.54) is 0 Å². The van der Waals surface area contributed by atoms with Crippen molar-refractivity contribution in [3.8, 4) is 6.07 Å². The van der Waals surface area contributed by atoms with Crippen LogP contribution in [0.15, 0.2) is 24.3 Å². The first kappa shape index (κ1) is 18.7. The number of benzene rings is 1. The van der Waals surface area contributed by atoms with Crippen LogP contribution >= 0.6 is 0 Å². The van der Waals surface area contributed by atoms with Gasteiger partial charge in [0, 0.05) is 13.0 Å². The Hall–Kier alpha value is -2.59. The first-order valence-electron chi connectivity index (χ1n) is 8.08. The number of likely N-dealkylation sites (tertiary alicyclic amines) is 1. The quantitative estimate of drug-likeness (QED) is 0.771. The van der Waals surface area contributed by atoms with E-state index in [1.807, 2.05) is 6.07 Å². The maximum Gasteiger partial charge on any atom is 0.408 e. The highest BCUT2D eigenvalue weighted by Crippen LogP contribution is 2.44. The normalized spacial score (nSPS) is 23.2. The van der Waals surface area contributed by atoms with Crippen LogP contribution < -0.4 is 5.32 Å². The minimum atomic E-state index is -1.34. The molecule has 0 aliphatic carbocycles. The second-order valence-electron chi connectivity index (χ2n) is 7.35. The van der Waals surface area contributed by atoms with Gasteiger partial charge in [0.1, 0.15) is 5.54 Å². The van der Waals surface area contributed by atoms with E-state index < -0.39 is 29.1 Å². The molecule has 3 N–H and O–H groups in total. The third kappa shape index (κ3) is 3.44. The summed E-state index contributed by atoms with van der Waals surface area (Å²) in [5, 5.41) is 31.2. The molecule has 0 bridgehead atoms. The lowest BCUT2D eigenvalue weighted by atomic mass is 9.70. The van der Waals surface area contributed by atoms with Gasteiger partial charge in [0.05, 0.1) is 24.3 Å². The zero-order valence-corrected chi connectivity index (χ0v) is 14.6. The molecule has 2 rings (SSSR count). The summed E-state index contributed by atoms with van der Waals surface area (Å²) in [5.41, 5.74) is -0.711. The molecule has 0 saturated carbocycles. The number of carbonyl (C=O) groups excluding carboxylic acids is 1. The molecular weight excluding hydrogens is 322 g/mol.